The van der Waals surface area contributed by atoms with Crippen molar-refractivity contribution in [1.82, 2.24) is 24.4 Å². The summed E-state index contributed by atoms with van der Waals surface area (Å²) in [5.41, 5.74) is 10.6. The third-order valence-electron chi connectivity index (χ3n) is 7.90. The van der Waals surface area contributed by atoms with Crippen molar-refractivity contribution in [2.75, 3.05) is 25.9 Å². The molecule has 2 N–H and O–H groups in total. The van der Waals surface area contributed by atoms with Crippen LogP contribution in [0.25, 0.3) is 22.2 Å². The topological polar surface area (TPSA) is 108 Å². The molecule has 1 amide bonds. The number of nitrogen functional groups attached to an aromatic ring is 1. The molecule has 4 heterocycles. The van der Waals surface area contributed by atoms with Crippen LogP contribution in [0, 0.1) is 36.5 Å². The fourth-order valence-corrected chi connectivity index (χ4v) is 5.86. The van der Waals surface area contributed by atoms with Gasteiger partial charge in [0.25, 0.3) is 0 Å². The number of hydrogen-bond acceptors (Lipinski definition) is 7. The van der Waals surface area contributed by atoms with E-state index in [-0.39, 0.29) is 17.9 Å². The maximum Gasteiger partial charge on any atom is 0.245 e. The highest BCUT2D eigenvalue weighted by Gasteiger charge is 2.55. The fraction of sp³-hybridized carbons (Fsp3) is 0.312. The number of nitrogens with two attached hydrogens (primary N) is 1. The molecular weight excluding hydrogens is 516 g/mol. The largest absolute Gasteiger partial charge is 0.493 e. The molecule has 1 saturated carbocycles. The highest BCUT2D eigenvalue weighted by atomic mass is 16.5. The first-order chi connectivity index (χ1) is 19.8. The molecule has 1 aliphatic carbocycles. The minimum atomic E-state index is -0.0141. The zero-order valence-corrected chi connectivity index (χ0v) is 23.6. The van der Waals surface area contributed by atoms with Gasteiger partial charge < -0.3 is 24.7 Å². The smallest absolute Gasteiger partial charge is 0.245 e. The molecule has 2 aliphatic rings. The van der Waals surface area contributed by atoms with Crippen LogP contribution in [0.1, 0.15) is 31.3 Å². The molecule has 3 aromatic heterocycles. The van der Waals surface area contributed by atoms with Crippen LogP contribution in [-0.2, 0) is 4.79 Å². The predicted octanol–water partition coefficient (Wildman–Crippen LogP) is 5.01. The Kier molecular flexibility index (Phi) is 6.62. The molecule has 1 saturated heterocycles. The average Bonchev–Trinajstić information content (AvgIpc) is 3.27. The van der Waals surface area contributed by atoms with Crippen molar-refractivity contribution in [1.29, 1.82) is 0 Å². The van der Waals surface area contributed by atoms with E-state index in [0.29, 0.717) is 35.0 Å². The number of aryl methyl sites for hydroxylation is 1. The number of rotatable bonds is 6. The third kappa shape index (κ3) is 4.65. The Morgan fingerprint density at radius 3 is 2.63 bits per heavy atom. The first-order valence-corrected chi connectivity index (χ1v) is 13.7. The second kappa shape index (κ2) is 10.3. The third-order valence-corrected chi connectivity index (χ3v) is 7.90. The molecule has 1 aliphatic heterocycles. The van der Waals surface area contributed by atoms with Gasteiger partial charge in [0.15, 0.2) is 11.5 Å². The van der Waals surface area contributed by atoms with E-state index in [1.807, 2.05) is 48.2 Å². The number of hydrogen-bond donors (Lipinski definition) is 1. The molecule has 9 nitrogen and oxygen atoms in total. The van der Waals surface area contributed by atoms with E-state index in [9.17, 15) is 4.79 Å². The lowest BCUT2D eigenvalue weighted by Crippen LogP contribution is -2.29. The summed E-state index contributed by atoms with van der Waals surface area (Å²) in [4.78, 5) is 27.3. The summed E-state index contributed by atoms with van der Waals surface area (Å²) in [6.45, 7) is 11.2. The van der Waals surface area contributed by atoms with Gasteiger partial charge in [-0.15, -0.1) is 0 Å². The summed E-state index contributed by atoms with van der Waals surface area (Å²) in [6, 6.07) is 11.4. The predicted molar refractivity (Wildman–Crippen MR) is 157 cm³/mol. The van der Waals surface area contributed by atoms with Crippen LogP contribution >= 0.6 is 0 Å². The molecule has 0 spiro atoms. The summed E-state index contributed by atoms with van der Waals surface area (Å²) < 4.78 is 13.9. The molecule has 2 fully saturated rings. The molecule has 0 bridgehead atoms. The first kappa shape index (κ1) is 26.4. The van der Waals surface area contributed by atoms with Gasteiger partial charge in [-0.25, -0.2) is 15.0 Å². The van der Waals surface area contributed by atoms with E-state index in [0.717, 1.165) is 46.6 Å². The maximum absolute atomic E-state index is 12.0. The number of piperidine rings is 1. The lowest BCUT2D eigenvalue weighted by Gasteiger charge is -2.16. The molecule has 6 rings (SSSR count). The van der Waals surface area contributed by atoms with E-state index in [2.05, 4.69) is 51.8 Å². The van der Waals surface area contributed by atoms with Crippen LogP contribution in [-0.4, -0.2) is 50.5 Å². The van der Waals surface area contributed by atoms with Crippen molar-refractivity contribution in [2.45, 2.75) is 26.8 Å². The number of likely N-dealkylation sites (tertiary alicyclic amines) is 1. The molecular formula is C32H32N6O3. The van der Waals surface area contributed by atoms with Crippen molar-refractivity contribution in [3.05, 3.63) is 66.8 Å². The van der Waals surface area contributed by atoms with Crippen molar-refractivity contribution in [3.8, 4) is 40.3 Å². The summed E-state index contributed by atoms with van der Waals surface area (Å²) in [5.74, 6) is 10.0. The highest BCUT2D eigenvalue weighted by molar-refractivity contribution is 6.04. The summed E-state index contributed by atoms with van der Waals surface area (Å²) >= 11 is 0. The zero-order chi connectivity index (χ0) is 28.8. The second-order valence-electron chi connectivity index (χ2n) is 10.8. The van der Waals surface area contributed by atoms with Gasteiger partial charge in [0.2, 0.25) is 11.8 Å². The van der Waals surface area contributed by atoms with Crippen LogP contribution in [0.4, 0.5) is 5.82 Å². The van der Waals surface area contributed by atoms with Crippen molar-refractivity contribution in [2.24, 2.45) is 17.8 Å². The minimum absolute atomic E-state index is 0.0141. The average molecular weight is 549 g/mol. The first-order valence-electron chi connectivity index (χ1n) is 13.7. The van der Waals surface area contributed by atoms with E-state index in [1.54, 1.807) is 7.11 Å². The number of ether oxygens (including phenoxy) is 2. The summed E-state index contributed by atoms with van der Waals surface area (Å²) in [5, 5.41) is 0.750. The van der Waals surface area contributed by atoms with E-state index >= 15 is 0 Å². The van der Waals surface area contributed by atoms with Gasteiger partial charge in [-0.2, -0.15) is 0 Å². The number of pyridine rings is 1. The maximum atomic E-state index is 12.0. The van der Waals surface area contributed by atoms with Crippen LogP contribution in [0.3, 0.4) is 0 Å². The number of amides is 1. The van der Waals surface area contributed by atoms with Crippen LogP contribution < -0.4 is 15.2 Å². The molecule has 1 aromatic carbocycles. The normalized spacial score (nSPS) is 19.0. The van der Waals surface area contributed by atoms with Gasteiger partial charge in [-0.3, -0.25) is 4.79 Å². The minimum Gasteiger partial charge on any atom is -0.493 e. The van der Waals surface area contributed by atoms with Crippen LogP contribution in [0.15, 0.2) is 55.4 Å². The molecule has 0 radical (unpaired) electrons. The molecule has 208 valence electrons. The highest BCUT2D eigenvalue weighted by Crippen LogP contribution is 2.51. The second-order valence-corrected chi connectivity index (χ2v) is 10.8. The quantitative estimate of drug-likeness (QED) is 0.267. The van der Waals surface area contributed by atoms with Gasteiger partial charge in [0.1, 0.15) is 23.5 Å². The van der Waals surface area contributed by atoms with Crippen LogP contribution in [0.2, 0.25) is 0 Å². The van der Waals surface area contributed by atoms with E-state index in [1.165, 1.54) is 12.4 Å². The summed E-state index contributed by atoms with van der Waals surface area (Å²) in [6.07, 6.45) is 2.87. The van der Waals surface area contributed by atoms with Crippen LogP contribution in [0.5, 0.6) is 17.4 Å². The van der Waals surface area contributed by atoms with Gasteiger partial charge in [-0.1, -0.05) is 24.6 Å². The van der Waals surface area contributed by atoms with Crippen molar-refractivity contribution >= 4 is 22.8 Å². The molecule has 41 heavy (non-hydrogen) atoms. The van der Waals surface area contributed by atoms with Crippen molar-refractivity contribution in [3.63, 3.8) is 0 Å². The molecule has 9 heteroatoms. The van der Waals surface area contributed by atoms with Gasteiger partial charge in [-0.05, 0) is 68.4 Å². The Balaban J connectivity index is 1.43. The Labute approximate surface area is 239 Å². The van der Waals surface area contributed by atoms with Gasteiger partial charge >= 0.3 is 0 Å². The Morgan fingerprint density at radius 1 is 1.17 bits per heavy atom. The number of methoxy groups -OCH3 is 1. The number of benzene rings is 1. The lowest BCUT2D eigenvalue weighted by molar-refractivity contribution is -0.125. The van der Waals surface area contributed by atoms with E-state index in [4.69, 9.17) is 15.2 Å². The molecule has 3 atom stereocenters. The SMILES string of the molecule is C=CC(=O)N1C[C@@H]2C(C#Cc3c(-c4ccc(Oc5cccc(C)n5)c(OC)c4)c4c(N)ncnc4n3C(C)C)[C@@H]2C1. The Morgan fingerprint density at radius 2 is 1.95 bits per heavy atom. The molecule has 4 aromatic rings. The number of nitrogens with zero attached hydrogens (tertiary/aromatic N) is 5. The van der Waals surface area contributed by atoms with Gasteiger partial charge in [0, 0.05) is 42.4 Å². The van der Waals surface area contributed by atoms with Gasteiger partial charge in [0.05, 0.1) is 12.5 Å². The lowest BCUT2D eigenvalue weighted by atomic mass is 10.0. The number of anilines is 1. The Bertz CT molecular complexity index is 1740. The standard InChI is InChI=1S/C32H32N6O3/c1-6-28(39)37-15-22-21(23(22)16-37)11-12-24-29(30-31(33)34-17-35-32(30)38(24)18(2)3)20-10-13-25(26(14-20)40-5)41-27-9-7-8-19(4)36-27/h6-10,13-14,17-18,21-23H,1,15-16H2,2-5H3,(H2,33,34,35)/t21?,22-,23+. The molecule has 1 unspecified atom stereocenters. The fourth-order valence-electron chi connectivity index (χ4n) is 5.86. The zero-order valence-electron chi connectivity index (χ0n) is 23.6. The number of fused-ring (bicyclic) bond motifs is 2. The number of aromatic nitrogens is 4. The number of carbonyl (C=O) groups excluding carboxylic acids is 1. The van der Waals surface area contributed by atoms with E-state index < -0.39 is 0 Å². The Hall–Kier alpha value is -4.84. The summed E-state index contributed by atoms with van der Waals surface area (Å²) in [7, 11) is 1.61. The van der Waals surface area contributed by atoms with Crippen molar-refractivity contribution < 1.29 is 14.3 Å². The number of carbonyl (C=O) groups is 1. The monoisotopic (exact) mass is 548 g/mol.